The van der Waals surface area contributed by atoms with Crippen molar-refractivity contribution in [3.63, 3.8) is 0 Å². The van der Waals surface area contributed by atoms with Crippen molar-refractivity contribution in [1.82, 2.24) is 0 Å². The van der Waals surface area contributed by atoms with Crippen molar-refractivity contribution >= 4 is 0 Å². The summed E-state index contributed by atoms with van der Waals surface area (Å²) in [5.74, 6) is 6.74. The average Bonchev–Trinajstić information content (AvgIpc) is 3.10. The minimum Gasteiger partial charge on any atom is -0.393 e. The molecule has 4 atom stereocenters. The standard InChI is InChI=1S/C43H76O2/c1-3-4-17-26-43(2,35-27-37(31-18-9-5-10-19-31)41(44)38(28-35)32-20-11-6-12-21-32)36-29-39(33-22-13-7-14-23-33)42(45)40(30-36)34-24-15-8-16-25-34/h31-42,44-45H,3-30H2,1-2H3. The van der Waals surface area contributed by atoms with Crippen molar-refractivity contribution < 1.29 is 10.2 Å². The van der Waals surface area contributed by atoms with Crippen LogP contribution < -0.4 is 0 Å². The van der Waals surface area contributed by atoms with Gasteiger partial charge in [-0.05, 0) is 96.7 Å². The molecule has 2 heteroatoms. The highest BCUT2D eigenvalue weighted by Gasteiger charge is 2.54. The Balaban J connectivity index is 1.32. The quantitative estimate of drug-likeness (QED) is 0.237. The van der Waals surface area contributed by atoms with E-state index in [1.165, 1.54) is 180 Å². The number of hydrogen-bond acceptors (Lipinski definition) is 2. The molecule has 2 nitrogen and oxygen atoms in total. The fourth-order valence-electron chi connectivity index (χ4n) is 13.4. The van der Waals surface area contributed by atoms with E-state index in [4.69, 9.17) is 0 Å². The van der Waals surface area contributed by atoms with Crippen LogP contribution in [0.25, 0.3) is 0 Å². The lowest BCUT2D eigenvalue weighted by Crippen LogP contribution is -2.53. The van der Waals surface area contributed by atoms with Gasteiger partial charge in [0, 0.05) is 0 Å². The van der Waals surface area contributed by atoms with Crippen molar-refractivity contribution in [2.24, 2.45) is 64.6 Å². The third-order valence-electron chi connectivity index (χ3n) is 16.2. The number of rotatable bonds is 10. The first-order valence-corrected chi connectivity index (χ1v) is 21.4. The fourth-order valence-corrected chi connectivity index (χ4v) is 13.4. The molecule has 6 aliphatic carbocycles. The molecule has 0 aliphatic heterocycles. The summed E-state index contributed by atoms with van der Waals surface area (Å²) < 4.78 is 0. The van der Waals surface area contributed by atoms with E-state index < -0.39 is 0 Å². The van der Waals surface area contributed by atoms with E-state index in [0.29, 0.717) is 29.1 Å². The number of aliphatic hydroxyl groups is 2. The summed E-state index contributed by atoms with van der Waals surface area (Å²) in [6.45, 7) is 5.20. The van der Waals surface area contributed by atoms with Gasteiger partial charge in [-0.15, -0.1) is 0 Å². The first kappa shape index (κ1) is 34.8. The summed E-state index contributed by atoms with van der Waals surface area (Å²) >= 11 is 0. The molecular weight excluding hydrogens is 548 g/mol. The maximum Gasteiger partial charge on any atom is 0.0602 e. The van der Waals surface area contributed by atoms with Crippen molar-refractivity contribution in [2.45, 2.75) is 206 Å². The highest BCUT2D eigenvalue weighted by atomic mass is 16.3. The Morgan fingerprint density at radius 2 is 0.733 bits per heavy atom. The number of unbranched alkanes of at least 4 members (excludes halogenated alkanes) is 2. The van der Waals surface area contributed by atoms with Gasteiger partial charge in [0.25, 0.3) is 0 Å². The van der Waals surface area contributed by atoms with Crippen LogP contribution in [0.15, 0.2) is 0 Å². The molecule has 0 aromatic carbocycles. The monoisotopic (exact) mass is 625 g/mol. The molecule has 45 heavy (non-hydrogen) atoms. The molecule has 6 rings (SSSR count). The number of aliphatic hydroxyl groups excluding tert-OH is 2. The zero-order valence-electron chi connectivity index (χ0n) is 30.1. The first-order chi connectivity index (χ1) is 22.0. The van der Waals surface area contributed by atoms with E-state index >= 15 is 0 Å². The smallest absolute Gasteiger partial charge is 0.0602 e. The Bertz CT molecular complexity index is 726. The Morgan fingerprint density at radius 3 is 1.00 bits per heavy atom. The van der Waals surface area contributed by atoms with Gasteiger partial charge in [-0.2, -0.15) is 0 Å². The summed E-state index contributed by atoms with van der Waals surface area (Å²) in [5.41, 5.74) is 0.356. The van der Waals surface area contributed by atoms with Gasteiger partial charge in [0.2, 0.25) is 0 Å². The second kappa shape index (κ2) is 16.5. The van der Waals surface area contributed by atoms with Gasteiger partial charge in [-0.1, -0.05) is 162 Å². The van der Waals surface area contributed by atoms with Gasteiger partial charge in [0.05, 0.1) is 12.2 Å². The Kier molecular flexibility index (Phi) is 12.8. The summed E-state index contributed by atoms with van der Waals surface area (Å²) in [5, 5.41) is 24.5. The van der Waals surface area contributed by atoms with Crippen molar-refractivity contribution in [3.05, 3.63) is 0 Å². The summed E-state index contributed by atoms with van der Waals surface area (Å²) in [6, 6.07) is 0. The fraction of sp³-hybridized carbons (Fsp3) is 1.00. The molecule has 0 spiro atoms. The van der Waals surface area contributed by atoms with Crippen molar-refractivity contribution in [1.29, 1.82) is 0 Å². The first-order valence-electron chi connectivity index (χ1n) is 21.4. The van der Waals surface area contributed by atoms with Gasteiger partial charge >= 0.3 is 0 Å². The third-order valence-corrected chi connectivity index (χ3v) is 16.2. The van der Waals surface area contributed by atoms with Gasteiger partial charge < -0.3 is 10.2 Å². The lowest BCUT2D eigenvalue weighted by molar-refractivity contribution is -0.126. The zero-order valence-corrected chi connectivity index (χ0v) is 30.1. The zero-order chi connectivity index (χ0) is 31.2. The summed E-state index contributed by atoms with van der Waals surface area (Å²) in [4.78, 5) is 0. The van der Waals surface area contributed by atoms with Gasteiger partial charge in [0.1, 0.15) is 0 Å². The van der Waals surface area contributed by atoms with E-state index in [1.807, 2.05) is 0 Å². The van der Waals surface area contributed by atoms with Crippen LogP contribution in [0.1, 0.15) is 194 Å². The van der Waals surface area contributed by atoms with Crippen molar-refractivity contribution in [3.8, 4) is 0 Å². The van der Waals surface area contributed by atoms with Gasteiger partial charge in [-0.25, -0.2) is 0 Å². The van der Waals surface area contributed by atoms with E-state index in [0.717, 1.165) is 35.5 Å². The normalized spacial score (nSPS) is 40.3. The molecular formula is C43H76O2. The lowest BCUT2D eigenvalue weighted by atomic mass is 9.49. The van der Waals surface area contributed by atoms with Crippen LogP contribution in [-0.4, -0.2) is 22.4 Å². The van der Waals surface area contributed by atoms with E-state index in [2.05, 4.69) is 13.8 Å². The van der Waals surface area contributed by atoms with Gasteiger partial charge in [0.15, 0.2) is 0 Å². The molecule has 6 saturated carbocycles. The maximum atomic E-state index is 12.3. The van der Waals surface area contributed by atoms with Crippen LogP contribution in [-0.2, 0) is 0 Å². The number of hydrogen-bond donors (Lipinski definition) is 2. The van der Waals surface area contributed by atoms with E-state index in [9.17, 15) is 10.2 Å². The molecule has 0 radical (unpaired) electrons. The third kappa shape index (κ3) is 8.05. The van der Waals surface area contributed by atoms with Crippen LogP contribution >= 0.6 is 0 Å². The predicted molar refractivity (Wildman–Crippen MR) is 190 cm³/mol. The Morgan fingerprint density at radius 1 is 0.444 bits per heavy atom. The molecule has 2 N–H and O–H groups in total. The topological polar surface area (TPSA) is 40.5 Å². The van der Waals surface area contributed by atoms with Crippen LogP contribution in [0.2, 0.25) is 0 Å². The molecule has 6 fully saturated rings. The second-order valence-corrected chi connectivity index (χ2v) is 18.5. The SMILES string of the molecule is CCCCCC(C)(C1CC(C2CCCCC2)C(O)C(C2CCCCC2)C1)C1CC(C2CCCCC2)C(O)C(C2CCCCC2)C1. The molecule has 0 aromatic heterocycles. The van der Waals surface area contributed by atoms with Crippen LogP contribution in [0.4, 0.5) is 0 Å². The Labute approximate surface area is 280 Å². The second-order valence-electron chi connectivity index (χ2n) is 18.5. The van der Waals surface area contributed by atoms with Crippen LogP contribution in [0.5, 0.6) is 0 Å². The summed E-state index contributed by atoms with van der Waals surface area (Å²) in [6.07, 6.45) is 38.4. The lowest BCUT2D eigenvalue weighted by Gasteiger charge is -2.57. The maximum absolute atomic E-state index is 12.3. The highest BCUT2D eigenvalue weighted by molar-refractivity contribution is 5.03. The van der Waals surface area contributed by atoms with E-state index in [1.54, 1.807) is 0 Å². The molecule has 6 aliphatic rings. The predicted octanol–water partition coefficient (Wildman–Crippen LogP) is 11.9. The minimum absolute atomic E-state index is 0.0505. The molecule has 4 unspecified atom stereocenters. The molecule has 260 valence electrons. The van der Waals surface area contributed by atoms with Crippen LogP contribution in [0.3, 0.4) is 0 Å². The van der Waals surface area contributed by atoms with Crippen molar-refractivity contribution in [2.75, 3.05) is 0 Å². The molecule has 0 aromatic rings. The van der Waals surface area contributed by atoms with Crippen LogP contribution in [0, 0.1) is 64.6 Å². The molecule has 0 saturated heterocycles. The average molecular weight is 625 g/mol. The Hall–Kier alpha value is -0.0800. The molecule has 0 heterocycles. The summed E-state index contributed by atoms with van der Waals surface area (Å²) in [7, 11) is 0. The molecule has 0 bridgehead atoms. The largest absolute Gasteiger partial charge is 0.393 e. The van der Waals surface area contributed by atoms with Gasteiger partial charge in [-0.3, -0.25) is 0 Å². The minimum atomic E-state index is -0.0505. The highest BCUT2D eigenvalue weighted by Crippen LogP contribution is 2.60. The van der Waals surface area contributed by atoms with E-state index in [-0.39, 0.29) is 12.2 Å². The molecule has 0 amide bonds.